The van der Waals surface area contributed by atoms with Gasteiger partial charge in [0.2, 0.25) is 0 Å². The zero-order chi connectivity index (χ0) is 19.8. The van der Waals surface area contributed by atoms with E-state index in [2.05, 4.69) is 10.6 Å². The second kappa shape index (κ2) is 9.78. The summed E-state index contributed by atoms with van der Waals surface area (Å²) in [4.78, 5) is 26.2. The fraction of sp³-hybridized carbons (Fsp3) is 0.300. The van der Waals surface area contributed by atoms with Crippen LogP contribution in [-0.4, -0.2) is 32.1 Å². The second-order valence-electron chi connectivity index (χ2n) is 5.88. The molecule has 0 aliphatic rings. The van der Waals surface area contributed by atoms with E-state index in [4.69, 9.17) is 9.47 Å². The molecule has 0 aliphatic carbocycles. The molecule has 0 saturated carbocycles. The Labute approximate surface area is 163 Å². The van der Waals surface area contributed by atoms with Gasteiger partial charge in [0.1, 0.15) is 5.70 Å². The Hall–Kier alpha value is -2.80. The fourth-order valence-corrected chi connectivity index (χ4v) is 2.91. The largest absolute Gasteiger partial charge is 0.493 e. The van der Waals surface area contributed by atoms with Crippen LogP contribution in [0.2, 0.25) is 0 Å². The van der Waals surface area contributed by atoms with Crippen LogP contribution in [0.1, 0.15) is 35.5 Å². The number of ether oxygens (including phenoxy) is 2. The monoisotopic (exact) mass is 388 g/mol. The summed E-state index contributed by atoms with van der Waals surface area (Å²) in [5.74, 6) is 0.237. The van der Waals surface area contributed by atoms with Crippen LogP contribution in [0.25, 0.3) is 6.08 Å². The van der Waals surface area contributed by atoms with Crippen LogP contribution >= 0.6 is 11.3 Å². The van der Waals surface area contributed by atoms with E-state index in [0.29, 0.717) is 17.1 Å². The number of methoxy groups -OCH3 is 2. The first kappa shape index (κ1) is 20.5. The van der Waals surface area contributed by atoms with Crippen molar-refractivity contribution < 1.29 is 19.1 Å². The van der Waals surface area contributed by atoms with Gasteiger partial charge in [0, 0.05) is 16.5 Å². The first-order valence-corrected chi connectivity index (χ1v) is 9.45. The van der Waals surface area contributed by atoms with Crippen molar-refractivity contribution in [1.82, 2.24) is 10.6 Å². The molecule has 2 aromatic rings. The Morgan fingerprint density at radius 1 is 1.19 bits per heavy atom. The highest BCUT2D eigenvalue weighted by atomic mass is 32.1. The van der Waals surface area contributed by atoms with E-state index in [9.17, 15) is 9.59 Å². The minimum Gasteiger partial charge on any atom is -0.493 e. The molecule has 1 atom stereocenters. The number of benzene rings is 1. The van der Waals surface area contributed by atoms with Gasteiger partial charge in [-0.2, -0.15) is 0 Å². The molecule has 1 heterocycles. The molecular weight excluding hydrogens is 364 g/mol. The van der Waals surface area contributed by atoms with Crippen LogP contribution in [0.4, 0.5) is 0 Å². The molecule has 2 amide bonds. The Morgan fingerprint density at radius 2 is 1.93 bits per heavy atom. The maximum atomic E-state index is 12.7. The van der Waals surface area contributed by atoms with Gasteiger partial charge in [0.25, 0.3) is 11.8 Å². The standard InChI is InChI=1S/C20H24N2O4S/c1-5-13(2)21-20(24)16(12-15-7-6-10-27-15)22-19(23)14-8-9-17(25-3)18(11-14)26-4/h6-13H,5H2,1-4H3,(H,21,24)(H,22,23)/b16-12-/t13-/m1/s1. The van der Waals surface area contributed by atoms with Crippen molar-refractivity contribution in [2.45, 2.75) is 26.3 Å². The predicted octanol–water partition coefficient (Wildman–Crippen LogP) is 3.45. The number of hydrogen-bond donors (Lipinski definition) is 2. The van der Waals surface area contributed by atoms with E-state index >= 15 is 0 Å². The molecule has 1 aromatic heterocycles. The molecular formula is C20H24N2O4S. The predicted molar refractivity (Wildman–Crippen MR) is 107 cm³/mol. The lowest BCUT2D eigenvalue weighted by Crippen LogP contribution is -2.38. The summed E-state index contributed by atoms with van der Waals surface area (Å²) >= 11 is 1.48. The van der Waals surface area contributed by atoms with Crippen molar-refractivity contribution >= 4 is 29.2 Å². The van der Waals surface area contributed by atoms with Crippen molar-refractivity contribution in [1.29, 1.82) is 0 Å². The van der Waals surface area contributed by atoms with Crippen LogP contribution in [0.5, 0.6) is 11.5 Å². The number of nitrogens with one attached hydrogen (secondary N) is 2. The van der Waals surface area contributed by atoms with E-state index < -0.39 is 5.91 Å². The van der Waals surface area contributed by atoms with E-state index in [0.717, 1.165) is 11.3 Å². The molecule has 2 rings (SSSR count). The fourth-order valence-electron chi connectivity index (χ4n) is 2.25. The summed E-state index contributed by atoms with van der Waals surface area (Å²) in [5, 5.41) is 7.50. The van der Waals surface area contributed by atoms with Gasteiger partial charge in [0.05, 0.1) is 14.2 Å². The molecule has 2 N–H and O–H groups in total. The van der Waals surface area contributed by atoms with Gasteiger partial charge < -0.3 is 20.1 Å². The first-order valence-electron chi connectivity index (χ1n) is 8.57. The van der Waals surface area contributed by atoms with Crippen molar-refractivity contribution in [2.24, 2.45) is 0 Å². The van der Waals surface area contributed by atoms with E-state index in [1.54, 1.807) is 24.3 Å². The number of carbonyl (C=O) groups is 2. The van der Waals surface area contributed by atoms with Gasteiger partial charge in [-0.3, -0.25) is 9.59 Å². The first-order chi connectivity index (χ1) is 13.0. The van der Waals surface area contributed by atoms with Crippen LogP contribution in [-0.2, 0) is 4.79 Å². The second-order valence-corrected chi connectivity index (χ2v) is 6.86. The van der Waals surface area contributed by atoms with Gasteiger partial charge in [-0.05, 0) is 49.1 Å². The van der Waals surface area contributed by atoms with Gasteiger partial charge in [0.15, 0.2) is 11.5 Å². The van der Waals surface area contributed by atoms with E-state index in [1.807, 2.05) is 31.4 Å². The Kier molecular flexibility index (Phi) is 7.43. The molecule has 6 nitrogen and oxygen atoms in total. The molecule has 0 saturated heterocycles. The highest BCUT2D eigenvalue weighted by Gasteiger charge is 2.17. The maximum Gasteiger partial charge on any atom is 0.268 e. The molecule has 7 heteroatoms. The summed E-state index contributed by atoms with van der Waals surface area (Å²) in [6.45, 7) is 3.90. The molecule has 0 aliphatic heterocycles. The molecule has 0 bridgehead atoms. The Bertz CT molecular complexity index is 815. The van der Waals surface area contributed by atoms with Crippen LogP contribution in [0.15, 0.2) is 41.4 Å². The molecule has 144 valence electrons. The molecule has 0 fully saturated rings. The minimum absolute atomic E-state index is 0.00205. The number of amides is 2. The summed E-state index contributed by atoms with van der Waals surface area (Å²) < 4.78 is 10.4. The average Bonchev–Trinajstić information content (AvgIpc) is 3.19. The number of hydrogen-bond acceptors (Lipinski definition) is 5. The lowest BCUT2D eigenvalue weighted by Gasteiger charge is -2.15. The smallest absolute Gasteiger partial charge is 0.268 e. The highest BCUT2D eigenvalue weighted by Crippen LogP contribution is 2.27. The summed E-state index contributed by atoms with van der Waals surface area (Å²) in [5.41, 5.74) is 0.554. The zero-order valence-corrected chi connectivity index (χ0v) is 16.7. The average molecular weight is 388 g/mol. The lowest BCUT2D eigenvalue weighted by molar-refractivity contribution is -0.118. The Balaban J connectivity index is 2.26. The number of rotatable bonds is 8. The maximum absolute atomic E-state index is 12.7. The van der Waals surface area contributed by atoms with Gasteiger partial charge in [-0.25, -0.2) is 0 Å². The van der Waals surface area contributed by atoms with Crippen molar-refractivity contribution in [3.05, 3.63) is 51.8 Å². The highest BCUT2D eigenvalue weighted by molar-refractivity contribution is 7.10. The van der Waals surface area contributed by atoms with Gasteiger partial charge >= 0.3 is 0 Å². The summed E-state index contributed by atoms with van der Waals surface area (Å²) in [7, 11) is 3.03. The number of thiophene rings is 1. The summed E-state index contributed by atoms with van der Waals surface area (Å²) in [6.07, 6.45) is 2.46. The van der Waals surface area contributed by atoms with Crippen LogP contribution in [0.3, 0.4) is 0 Å². The van der Waals surface area contributed by atoms with Crippen LogP contribution < -0.4 is 20.1 Å². The third-order valence-corrected chi connectivity index (χ3v) is 4.78. The molecule has 27 heavy (non-hydrogen) atoms. The van der Waals surface area contributed by atoms with E-state index in [-0.39, 0.29) is 17.6 Å². The van der Waals surface area contributed by atoms with Crippen molar-refractivity contribution in [3.63, 3.8) is 0 Å². The van der Waals surface area contributed by atoms with Crippen molar-refractivity contribution in [3.8, 4) is 11.5 Å². The normalized spacial score (nSPS) is 12.2. The topological polar surface area (TPSA) is 76.7 Å². The third kappa shape index (κ3) is 5.59. The molecule has 0 unspecified atom stereocenters. The summed E-state index contributed by atoms with van der Waals surface area (Å²) in [6, 6.07) is 8.60. The lowest BCUT2D eigenvalue weighted by atomic mass is 10.1. The SMILES string of the molecule is CC[C@@H](C)NC(=O)/C(=C/c1cccs1)NC(=O)c1ccc(OC)c(OC)c1. The van der Waals surface area contributed by atoms with Gasteiger partial charge in [-0.1, -0.05) is 13.0 Å². The van der Waals surface area contributed by atoms with Crippen LogP contribution in [0, 0.1) is 0 Å². The quantitative estimate of drug-likeness (QED) is 0.679. The van der Waals surface area contributed by atoms with Gasteiger partial charge in [-0.15, -0.1) is 11.3 Å². The van der Waals surface area contributed by atoms with Crippen molar-refractivity contribution in [2.75, 3.05) is 14.2 Å². The van der Waals surface area contributed by atoms with E-state index in [1.165, 1.54) is 25.6 Å². The Morgan fingerprint density at radius 3 is 2.52 bits per heavy atom. The third-order valence-electron chi connectivity index (χ3n) is 3.96. The zero-order valence-electron chi connectivity index (χ0n) is 15.9. The minimum atomic E-state index is -0.405. The molecule has 1 aromatic carbocycles. The molecule has 0 radical (unpaired) electrons. The number of carbonyl (C=O) groups excluding carboxylic acids is 2. The molecule has 0 spiro atoms.